The molecule has 3 aromatic rings. The van der Waals surface area contributed by atoms with E-state index >= 15 is 0 Å². The first kappa shape index (κ1) is 26.5. The van der Waals surface area contributed by atoms with Gasteiger partial charge in [0.25, 0.3) is 11.7 Å². The average molecular weight is 533 g/mol. The first-order valence-corrected chi connectivity index (χ1v) is 12.9. The van der Waals surface area contributed by atoms with Crippen LogP contribution in [0.3, 0.4) is 0 Å². The van der Waals surface area contributed by atoms with Crippen molar-refractivity contribution in [2.75, 3.05) is 53.6 Å². The number of carbonyl (C=O) groups is 2. The predicted molar refractivity (Wildman–Crippen MR) is 144 cm³/mol. The van der Waals surface area contributed by atoms with E-state index in [4.69, 9.17) is 14.2 Å². The van der Waals surface area contributed by atoms with Crippen molar-refractivity contribution in [3.8, 4) is 17.2 Å². The second kappa shape index (κ2) is 11.3. The highest BCUT2D eigenvalue weighted by Gasteiger charge is 2.47. The topological polar surface area (TPSA) is 106 Å². The molecule has 2 fully saturated rings. The van der Waals surface area contributed by atoms with Gasteiger partial charge in [0.1, 0.15) is 5.76 Å². The van der Waals surface area contributed by atoms with E-state index in [9.17, 15) is 14.7 Å². The molecule has 3 heterocycles. The molecule has 0 aliphatic carbocycles. The summed E-state index contributed by atoms with van der Waals surface area (Å²) in [5.74, 6) is -0.853. The molecule has 0 unspecified atom stereocenters. The Morgan fingerprint density at radius 3 is 2.46 bits per heavy atom. The molecular weight excluding hydrogens is 500 g/mol. The van der Waals surface area contributed by atoms with Gasteiger partial charge in [0, 0.05) is 31.7 Å². The van der Waals surface area contributed by atoms with Gasteiger partial charge in [0.2, 0.25) is 0 Å². The van der Waals surface area contributed by atoms with Crippen LogP contribution in [0.4, 0.5) is 0 Å². The SMILES string of the molecule is COc1cccc([C@H]2/C(=C(\O)c3cnn(-c4ccccc4)c3C)C(=O)C(=O)N2CCN2CCOCC2)c1OC. The van der Waals surface area contributed by atoms with Crippen molar-refractivity contribution in [3.05, 3.63) is 77.1 Å². The highest BCUT2D eigenvalue weighted by Crippen LogP contribution is 2.45. The summed E-state index contributed by atoms with van der Waals surface area (Å²) in [5.41, 5.74) is 2.36. The zero-order chi connectivity index (χ0) is 27.5. The number of aromatic nitrogens is 2. The summed E-state index contributed by atoms with van der Waals surface area (Å²) in [7, 11) is 3.04. The van der Waals surface area contributed by atoms with Gasteiger partial charge in [0.15, 0.2) is 11.5 Å². The lowest BCUT2D eigenvalue weighted by Crippen LogP contribution is -2.42. The van der Waals surface area contributed by atoms with Crippen LogP contribution in [0.2, 0.25) is 0 Å². The van der Waals surface area contributed by atoms with E-state index < -0.39 is 17.7 Å². The fraction of sp³-hybridized carbons (Fsp3) is 0.345. The number of benzene rings is 2. The number of para-hydroxylation sites is 2. The van der Waals surface area contributed by atoms with Gasteiger partial charge < -0.3 is 24.2 Å². The molecule has 39 heavy (non-hydrogen) atoms. The Kier molecular flexibility index (Phi) is 7.67. The Balaban J connectivity index is 1.62. The summed E-state index contributed by atoms with van der Waals surface area (Å²) in [6.45, 7) is 5.39. The van der Waals surface area contributed by atoms with Crippen molar-refractivity contribution < 1.29 is 28.9 Å². The second-order valence-corrected chi connectivity index (χ2v) is 9.42. The van der Waals surface area contributed by atoms with Crippen molar-refractivity contribution in [2.45, 2.75) is 13.0 Å². The Morgan fingerprint density at radius 1 is 1.03 bits per heavy atom. The van der Waals surface area contributed by atoms with Crippen LogP contribution in [-0.2, 0) is 14.3 Å². The maximum atomic E-state index is 13.6. The van der Waals surface area contributed by atoms with E-state index in [-0.39, 0.29) is 17.9 Å². The minimum absolute atomic E-state index is 0.00996. The van der Waals surface area contributed by atoms with E-state index in [0.29, 0.717) is 48.1 Å². The number of hydrogen-bond donors (Lipinski definition) is 1. The Labute approximate surface area is 227 Å². The molecule has 1 amide bonds. The summed E-state index contributed by atoms with van der Waals surface area (Å²) >= 11 is 0. The predicted octanol–water partition coefficient (Wildman–Crippen LogP) is 2.95. The zero-order valence-corrected chi connectivity index (χ0v) is 22.3. The largest absolute Gasteiger partial charge is 0.507 e. The molecule has 1 aromatic heterocycles. The maximum Gasteiger partial charge on any atom is 0.295 e. The Hall–Kier alpha value is -4.15. The first-order valence-electron chi connectivity index (χ1n) is 12.9. The van der Waals surface area contributed by atoms with Crippen LogP contribution in [0.15, 0.2) is 60.3 Å². The minimum atomic E-state index is -0.879. The summed E-state index contributed by atoms with van der Waals surface area (Å²) in [5, 5.41) is 16.1. The van der Waals surface area contributed by atoms with Crippen molar-refractivity contribution in [1.29, 1.82) is 0 Å². The lowest BCUT2D eigenvalue weighted by Gasteiger charge is -2.31. The number of aliphatic hydroxyl groups excluding tert-OH is 1. The van der Waals surface area contributed by atoms with Crippen LogP contribution in [0, 0.1) is 6.92 Å². The quantitative estimate of drug-likeness (QED) is 0.268. The number of morpholine rings is 1. The average Bonchev–Trinajstić information content (AvgIpc) is 3.48. The summed E-state index contributed by atoms with van der Waals surface area (Å²) in [6.07, 6.45) is 1.51. The van der Waals surface area contributed by atoms with Crippen molar-refractivity contribution in [3.63, 3.8) is 0 Å². The van der Waals surface area contributed by atoms with Crippen molar-refractivity contribution in [2.24, 2.45) is 0 Å². The summed E-state index contributed by atoms with van der Waals surface area (Å²) in [6, 6.07) is 13.9. The highest BCUT2D eigenvalue weighted by atomic mass is 16.5. The van der Waals surface area contributed by atoms with E-state index in [1.807, 2.05) is 37.3 Å². The van der Waals surface area contributed by atoms with Crippen molar-refractivity contribution >= 4 is 17.4 Å². The lowest BCUT2D eigenvalue weighted by atomic mass is 9.94. The van der Waals surface area contributed by atoms with Gasteiger partial charge in [-0.15, -0.1) is 0 Å². The molecule has 2 aromatic carbocycles. The third-order valence-electron chi connectivity index (χ3n) is 7.29. The van der Waals surface area contributed by atoms with E-state index in [0.717, 1.165) is 18.8 Å². The molecule has 2 aliphatic rings. The number of carbonyl (C=O) groups excluding carboxylic acids is 2. The van der Waals surface area contributed by atoms with Gasteiger partial charge in [-0.2, -0.15) is 5.10 Å². The maximum absolute atomic E-state index is 13.6. The second-order valence-electron chi connectivity index (χ2n) is 9.42. The Bertz CT molecular complexity index is 1390. The minimum Gasteiger partial charge on any atom is -0.507 e. The van der Waals surface area contributed by atoms with Gasteiger partial charge >= 0.3 is 0 Å². The molecule has 0 saturated carbocycles. The van der Waals surface area contributed by atoms with Gasteiger partial charge in [-0.25, -0.2) is 4.68 Å². The molecule has 204 valence electrons. The summed E-state index contributed by atoms with van der Waals surface area (Å²) < 4.78 is 18.3. The molecule has 2 aliphatic heterocycles. The molecule has 0 spiro atoms. The molecule has 0 bridgehead atoms. The third-order valence-corrected chi connectivity index (χ3v) is 7.29. The van der Waals surface area contributed by atoms with Gasteiger partial charge in [0.05, 0.1) is 62.2 Å². The number of ether oxygens (including phenoxy) is 3. The molecule has 10 heteroatoms. The van der Waals surface area contributed by atoms with Crippen LogP contribution in [0.25, 0.3) is 11.4 Å². The number of rotatable bonds is 8. The smallest absolute Gasteiger partial charge is 0.295 e. The number of aliphatic hydroxyl groups is 1. The molecule has 1 atom stereocenters. The molecule has 2 saturated heterocycles. The normalized spacial score (nSPS) is 19.5. The van der Waals surface area contributed by atoms with Crippen LogP contribution in [-0.4, -0.2) is 90.0 Å². The number of nitrogens with zero attached hydrogens (tertiary/aromatic N) is 4. The number of methoxy groups -OCH3 is 2. The highest BCUT2D eigenvalue weighted by molar-refractivity contribution is 6.46. The fourth-order valence-electron chi connectivity index (χ4n) is 5.25. The van der Waals surface area contributed by atoms with E-state index in [1.54, 1.807) is 22.9 Å². The molecular formula is C29H32N4O6. The van der Waals surface area contributed by atoms with Crippen LogP contribution in [0.1, 0.15) is 22.9 Å². The van der Waals surface area contributed by atoms with Gasteiger partial charge in [-0.1, -0.05) is 30.3 Å². The number of amides is 1. The third kappa shape index (κ3) is 4.88. The lowest BCUT2D eigenvalue weighted by molar-refractivity contribution is -0.140. The van der Waals surface area contributed by atoms with E-state index in [1.165, 1.54) is 25.3 Å². The van der Waals surface area contributed by atoms with E-state index in [2.05, 4.69) is 10.00 Å². The summed E-state index contributed by atoms with van der Waals surface area (Å²) in [4.78, 5) is 30.7. The molecule has 10 nitrogen and oxygen atoms in total. The first-order chi connectivity index (χ1) is 19.0. The van der Waals surface area contributed by atoms with Crippen LogP contribution < -0.4 is 9.47 Å². The van der Waals surface area contributed by atoms with Gasteiger partial charge in [-0.05, 0) is 25.1 Å². The number of hydrogen-bond acceptors (Lipinski definition) is 8. The monoisotopic (exact) mass is 532 g/mol. The number of Topliss-reactive ketones (excluding diaryl/α,β-unsaturated/α-hetero) is 1. The molecule has 1 N–H and O–H groups in total. The molecule has 0 radical (unpaired) electrons. The molecule has 5 rings (SSSR count). The fourth-order valence-corrected chi connectivity index (χ4v) is 5.25. The van der Waals surface area contributed by atoms with Crippen LogP contribution in [0.5, 0.6) is 11.5 Å². The number of ketones is 1. The number of likely N-dealkylation sites (tertiary alicyclic amines) is 1. The zero-order valence-electron chi connectivity index (χ0n) is 22.3. The Morgan fingerprint density at radius 2 is 1.77 bits per heavy atom. The van der Waals surface area contributed by atoms with Gasteiger partial charge in [-0.3, -0.25) is 14.5 Å². The van der Waals surface area contributed by atoms with Crippen molar-refractivity contribution in [1.82, 2.24) is 19.6 Å². The standard InChI is InChI=1S/C29H32N4O6/c1-19-22(18-30-33(19)20-8-5-4-6-9-20)26(34)24-25(21-10-7-11-23(37-2)28(21)38-3)32(29(36)27(24)35)13-12-31-14-16-39-17-15-31/h4-11,18,25,34H,12-17H2,1-3H3/b26-24+/t25-/m0/s1. The van der Waals surface area contributed by atoms with Crippen LogP contribution >= 0.6 is 0 Å².